The predicted molar refractivity (Wildman–Crippen MR) is 61.3 cm³/mol. The minimum absolute atomic E-state index is 0.0515. The molecule has 3 N–H and O–H groups in total. The van der Waals surface area contributed by atoms with Crippen LogP contribution in [0.1, 0.15) is 41.6 Å². The number of carboxylic acid groups (broad SMARTS) is 1. The van der Waals surface area contributed by atoms with Gasteiger partial charge in [0.05, 0.1) is 12.3 Å². The van der Waals surface area contributed by atoms with E-state index in [4.69, 9.17) is 14.7 Å². The third kappa shape index (κ3) is 2.86. The van der Waals surface area contributed by atoms with Gasteiger partial charge >= 0.3 is 5.97 Å². The number of hydrogen-bond acceptors (Lipinski definition) is 5. The van der Waals surface area contributed by atoms with Crippen molar-refractivity contribution in [1.82, 2.24) is 10.5 Å². The Hall–Kier alpha value is -1.89. The van der Waals surface area contributed by atoms with Gasteiger partial charge in [0.1, 0.15) is 5.56 Å². The highest BCUT2D eigenvalue weighted by atomic mass is 16.5. The van der Waals surface area contributed by atoms with E-state index in [0.717, 1.165) is 0 Å². The van der Waals surface area contributed by atoms with Gasteiger partial charge in [0.25, 0.3) is 5.91 Å². The number of amides is 1. The van der Waals surface area contributed by atoms with Gasteiger partial charge in [-0.2, -0.15) is 0 Å². The lowest BCUT2D eigenvalue weighted by Crippen LogP contribution is -2.43. The Balaban J connectivity index is 2.97. The first-order valence-electron chi connectivity index (χ1n) is 5.49. The molecule has 0 saturated heterocycles. The van der Waals surface area contributed by atoms with Crippen molar-refractivity contribution < 1.29 is 24.3 Å². The van der Waals surface area contributed by atoms with Crippen molar-refractivity contribution in [3.63, 3.8) is 0 Å². The molecule has 18 heavy (non-hydrogen) atoms. The van der Waals surface area contributed by atoms with Crippen molar-refractivity contribution in [3.8, 4) is 0 Å². The Bertz CT molecular complexity index is 452. The van der Waals surface area contributed by atoms with Gasteiger partial charge in [-0.25, -0.2) is 4.79 Å². The highest BCUT2D eigenvalue weighted by molar-refractivity contribution is 5.98. The van der Waals surface area contributed by atoms with E-state index in [1.807, 2.05) is 13.8 Å². The fraction of sp³-hybridized carbons (Fsp3) is 0.545. The van der Waals surface area contributed by atoms with E-state index in [1.54, 1.807) is 6.92 Å². The number of aliphatic hydroxyl groups is 1. The SMILES string of the molecule is Cc1noc(C(C)C)c1C(=O)N[C@H](CO)C(=O)O. The number of carbonyl (C=O) groups is 2. The molecule has 1 amide bonds. The summed E-state index contributed by atoms with van der Waals surface area (Å²) in [6.45, 7) is 4.58. The third-order valence-electron chi connectivity index (χ3n) is 2.43. The second-order valence-electron chi connectivity index (χ2n) is 4.21. The molecule has 1 aromatic rings. The zero-order valence-electron chi connectivity index (χ0n) is 10.4. The second-order valence-corrected chi connectivity index (χ2v) is 4.21. The molecule has 0 aliphatic heterocycles. The lowest BCUT2D eigenvalue weighted by atomic mass is 10.0. The van der Waals surface area contributed by atoms with E-state index in [9.17, 15) is 9.59 Å². The fourth-order valence-corrected chi connectivity index (χ4v) is 1.47. The molecule has 1 rings (SSSR count). The summed E-state index contributed by atoms with van der Waals surface area (Å²) in [4.78, 5) is 22.7. The largest absolute Gasteiger partial charge is 0.480 e. The van der Waals surface area contributed by atoms with Gasteiger partial charge in [-0.3, -0.25) is 4.79 Å². The molecule has 0 fully saturated rings. The number of aliphatic hydroxyl groups excluding tert-OH is 1. The number of carboxylic acids is 1. The number of nitrogens with one attached hydrogen (secondary N) is 1. The van der Waals surface area contributed by atoms with E-state index in [1.165, 1.54) is 0 Å². The van der Waals surface area contributed by atoms with Gasteiger partial charge in [-0.15, -0.1) is 0 Å². The van der Waals surface area contributed by atoms with E-state index < -0.39 is 24.5 Å². The summed E-state index contributed by atoms with van der Waals surface area (Å²) in [5.74, 6) is -1.57. The highest BCUT2D eigenvalue weighted by Gasteiger charge is 2.26. The van der Waals surface area contributed by atoms with E-state index >= 15 is 0 Å². The topological polar surface area (TPSA) is 113 Å². The number of rotatable bonds is 5. The summed E-state index contributed by atoms with van der Waals surface area (Å²) in [6, 6.07) is -1.34. The molecule has 7 nitrogen and oxygen atoms in total. The maximum absolute atomic E-state index is 11.9. The van der Waals surface area contributed by atoms with Crippen LogP contribution in [-0.4, -0.2) is 39.9 Å². The van der Waals surface area contributed by atoms with Gasteiger partial charge in [-0.1, -0.05) is 19.0 Å². The Kier molecular flexibility index (Phi) is 4.43. The van der Waals surface area contributed by atoms with Crippen molar-refractivity contribution in [2.75, 3.05) is 6.61 Å². The Morgan fingerprint density at radius 3 is 2.50 bits per heavy atom. The van der Waals surface area contributed by atoms with Crippen LogP contribution in [0.5, 0.6) is 0 Å². The lowest BCUT2D eigenvalue weighted by Gasteiger charge is -2.12. The first-order valence-corrected chi connectivity index (χ1v) is 5.49. The molecule has 1 aromatic heterocycles. The summed E-state index contributed by atoms with van der Waals surface area (Å²) in [6.07, 6.45) is 0. The molecule has 1 heterocycles. The summed E-state index contributed by atoms with van der Waals surface area (Å²) in [7, 11) is 0. The van der Waals surface area contributed by atoms with Crippen molar-refractivity contribution in [2.24, 2.45) is 0 Å². The summed E-state index contributed by atoms with van der Waals surface area (Å²) in [5.41, 5.74) is 0.614. The first-order chi connectivity index (χ1) is 8.38. The summed E-state index contributed by atoms with van der Waals surface area (Å²) in [5, 5.41) is 23.5. The Morgan fingerprint density at radius 2 is 2.06 bits per heavy atom. The van der Waals surface area contributed by atoms with Crippen LogP contribution >= 0.6 is 0 Å². The molecule has 0 bridgehead atoms. The zero-order valence-corrected chi connectivity index (χ0v) is 10.4. The van der Waals surface area contributed by atoms with Crippen molar-refractivity contribution in [2.45, 2.75) is 32.7 Å². The molecule has 0 aliphatic rings. The van der Waals surface area contributed by atoms with Crippen molar-refractivity contribution in [3.05, 3.63) is 17.0 Å². The molecule has 100 valence electrons. The van der Waals surface area contributed by atoms with Crippen LogP contribution in [0.25, 0.3) is 0 Å². The zero-order chi connectivity index (χ0) is 13.9. The third-order valence-corrected chi connectivity index (χ3v) is 2.43. The standard InChI is InChI=1S/C11H16N2O5/c1-5(2)9-8(6(3)13-18-9)10(15)12-7(4-14)11(16)17/h5,7,14H,4H2,1-3H3,(H,12,15)(H,16,17)/t7-/m1/s1. The molecule has 0 unspecified atom stereocenters. The molecular formula is C11H16N2O5. The average Bonchev–Trinajstić information content (AvgIpc) is 2.67. The average molecular weight is 256 g/mol. The minimum atomic E-state index is -1.34. The number of aromatic nitrogens is 1. The van der Waals surface area contributed by atoms with Crippen LogP contribution in [0.4, 0.5) is 0 Å². The lowest BCUT2D eigenvalue weighted by molar-refractivity contribution is -0.140. The monoisotopic (exact) mass is 256 g/mol. The smallest absolute Gasteiger partial charge is 0.328 e. The van der Waals surface area contributed by atoms with Gasteiger partial charge in [0.15, 0.2) is 11.8 Å². The van der Waals surface area contributed by atoms with Crippen LogP contribution in [0.15, 0.2) is 4.52 Å². The van der Waals surface area contributed by atoms with Crippen LogP contribution in [0.3, 0.4) is 0 Å². The number of nitrogens with zero attached hydrogens (tertiary/aromatic N) is 1. The summed E-state index contributed by atoms with van der Waals surface area (Å²) >= 11 is 0. The quantitative estimate of drug-likeness (QED) is 0.697. The molecule has 0 aliphatic carbocycles. The Morgan fingerprint density at radius 1 is 1.44 bits per heavy atom. The Labute approximate surface area is 104 Å². The fourth-order valence-electron chi connectivity index (χ4n) is 1.47. The highest BCUT2D eigenvalue weighted by Crippen LogP contribution is 2.22. The van der Waals surface area contributed by atoms with E-state index in [0.29, 0.717) is 11.5 Å². The van der Waals surface area contributed by atoms with Gasteiger partial charge in [0, 0.05) is 5.92 Å². The maximum atomic E-state index is 11.9. The minimum Gasteiger partial charge on any atom is -0.480 e. The molecular weight excluding hydrogens is 240 g/mol. The number of carbonyl (C=O) groups excluding carboxylic acids is 1. The van der Waals surface area contributed by atoms with Crippen molar-refractivity contribution in [1.29, 1.82) is 0 Å². The number of aryl methyl sites for hydroxylation is 1. The van der Waals surface area contributed by atoms with Gasteiger partial charge in [0.2, 0.25) is 0 Å². The van der Waals surface area contributed by atoms with Crippen molar-refractivity contribution >= 4 is 11.9 Å². The molecule has 0 radical (unpaired) electrons. The molecule has 0 aromatic carbocycles. The normalized spacial score (nSPS) is 12.5. The van der Waals surface area contributed by atoms with E-state index in [2.05, 4.69) is 10.5 Å². The molecule has 0 saturated carbocycles. The molecule has 1 atom stereocenters. The molecule has 0 spiro atoms. The van der Waals surface area contributed by atoms with Gasteiger partial charge in [-0.05, 0) is 6.92 Å². The van der Waals surface area contributed by atoms with Crippen LogP contribution in [-0.2, 0) is 4.79 Å². The first kappa shape index (κ1) is 14.2. The number of hydrogen-bond donors (Lipinski definition) is 3. The number of aliphatic carboxylic acids is 1. The van der Waals surface area contributed by atoms with Gasteiger partial charge < -0.3 is 20.1 Å². The maximum Gasteiger partial charge on any atom is 0.328 e. The van der Waals surface area contributed by atoms with E-state index in [-0.39, 0.29) is 11.5 Å². The molecule has 7 heteroatoms. The van der Waals surface area contributed by atoms with Crippen LogP contribution in [0, 0.1) is 6.92 Å². The predicted octanol–water partition coefficient (Wildman–Crippen LogP) is 0.282. The second kappa shape index (κ2) is 5.63. The summed E-state index contributed by atoms with van der Waals surface area (Å²) < 4.78 is 5.03. The van der Waals surface area contributed by atoms with Crippen LogP contribution in [0.2, 0.25) is 0 Å². The van der Waals surface area contributed by atoms with Crippen LogP contribution < -0.4 is 5.32 Å².